The van der Waals surface area contributed by atoms with E-state index in [-0.39, 0.29) is 0 Å². The molecule has 1 aliphatic heterocycles. The van der Waals surface area contributed by atoms with Crippen LogP contribution in [0.1, 0.15) is 31.0 Å². The van der Waals surface area contributed by atoms with Crippen molar-refractivity contribution >= 4 is 16.6 Å². The largest absolute Gasteiger partial charge is 0.416 e. The van der Waals surface area contributed by atoms with Gasteiger partial charge in [-0.3, -0.25) is 4.68 Å². The normalized spacial score (nSPS) is 15.3. The Kier molecular flexibility index (Phi) is 5.43. The Morgan fingerprint density at radius 3 is 2.24 bits per heavy atom. The molecule has 1 fully saturated rings. The smallest absolute Gasteiger partial charge is 0.368 e. The van der Waals surface area contributed by atoms with Crippen molar-refractivity contribution in [3.05, 3.63) is 65.9 Å². The van der Waals surface area contributed by atoms with Crippen LogP contribution in [0.5, 0.6) is 0 Å². The number of para-hydroxylation sites is 1. The van der Waals surface area contributed by atoms with Crippen molar-refractivity contribution in [1.29, 1.82) is 0 Å². The lowest BCUT2D eigenvalue weighted by molar-refractivity contribution is -0.137. The van der Waals surface area contributed by atoms with E-state index in [1.54, 1.807) is 12.1 Å². The molecule has 0 amide bonds. The molecule has 3 nitrogen and oxygen atoms in total. The Morgan fingerprint density at radius 1 is 0.897 bits per heavy atom. The van der Waals surface area contributed by atoms with Crippen molar-refractivity contribution in [1.82, 2.24) is 4.68 Å². The summed E-state index contributed by atoms with van der Waals surface area (Å²) in [6, 6.07) is 16.2. The number of unbranched alkanes of at least 4 members (excludes halogenated alkanes) is 1. The molecule has 1 saturated heterocycles. The second-order valence-electron chi connectivity index (χ2n) is 7.60. The molecule has 1 aromatic heterocycles. The van der Waals surface area contributed by atoms with Crippen LogP contribution in [0.2, 0.25) is 0 Å². The average molecular weight is 401 g/mol. The van der Waals surface area contributed by atoms with Gasteiger partial charge < -0.3 is 9.91 Å². The molecule has 3 aromatic rings. The zero-order valence-electron chi connectivity index (χ0n) is 16.6. The quantitative estimate of drug-likeness (QED) is 0.562. The monoisotopic (exact) mass is 401 g/mol. The van der Waals surface area contributed by atoms with E-state index in [4.69, 9.17) is 0 Å². The third kappa shape index (κ3) is 4.07. The van der Waals surface area contributed by atoms with E-state index >= 15 is 0 Å². The fourth-order valence-electron chi connectivity index (χ4n) is 4.08. The van der Waals surface area contributed by atoms with Gasteiger partial charge in [-0.1, -0.05) is 31.5 Å². The molecule has 6 heteroatoms. The fourth-order valence-corrected chi connectivity index (χ4v) is 4.08. The van der Waals surface area contributed by atoms with Gasteiger partial charge in [-0.2, -0.15) is 13.2 Å². The van der Waals surface area contributed by atoms with Gasteiger partial charge in [-0.25, -0.2) is 0 Å². The number of benzene rings is 2. The molecule has 0 saturated carbocycles. The molecule has 1 aliphatic rings. The maximum Gasteiger partial charge on any atom is 0.416 e. The summed E-state index contributed by atoms with van der Waals surface area (Å²) in [5.74, 6) is 0. The van der Waals surface area contributed by atoms with Gasteiger partial charge in [0.05, 0.1) is 24.2 Å². The number of anilines is 1. The maximum absolute atomic E-state index is 12.8. The first-order chi connectivity index (χ1) is 14.0. The van der Waals surface area contributed by atoms with Crippen LogP contribution in [0.15, 0.2) is 54.6 Å². The van der Waals surface area contributed by atoms with Crippen LogP contribution < -0.4 is 9.91 Å². The standard InChI is InChI=1S/C23H26F3N3/c1-2-3-7-21-17-18-6-4-5-8-22(18)29(21)28-15-13-27(14-16-28)20-11-9-19(10-12-20)23(24,25)26/h4-6,8-12,17H,2-3,7,13-16H2,1H3. The molecule has 154 valence electrons. The Labute approximate surface area is 169 Å². The number of hydrogen-bond donors (Lipinski definition) is 0. The van der Waals surface area contributed by atoms with Gasteiger partial charge >= 0.3 is 6.18 Å². The Morgan fingerprint density at radius 2 is 1.59 bits per heavy atom. The number of nitrogens with zero attached hydrogens (tertiary/aromatic N) is 3. The number of alkyl halides is 3. The molecule has 0 spiro atoms. The summed E-state index contributed by atoms with van der Waals surface area (Å²) in [4.78, 5) is 2.16. The minimum absolute atomic E-state index is 0.598. The lowest BCUT2D eigenvalue weighted by Gasteiger charge is -2.39. The SMILES string of the molecule is CCCCc1cc2ccccc2n1N1CCN(c2ccc(C(F)(F)F)cc2)CC1. The van der Waals surface area contributed by atoms with Crippen LogP contribution in [0, 0.1) is 0 Å². The minimum Gasteiger partial charge on any atom is -0.368 e. The summed E-state index contributed by atoms with van der Waals surface area (Å²) in [5, 5.41) is 3.62. The molecular formula is C23H26F3N3. The highest BCUT2D eigenvalue weighted by Crippen LogP contribution is 2.31. The fraction of sp³-hybridized carbons (Fsp3) is 0.391. The van der Waals surface area contributed by atoms with Crippen LogP contribution in [0.25, 0.3) is 10.9 Å². The molecule has 0 unspecified atom stereocenters. The summed E-state index contributed by atoms with van der Waals surface area (Å²) in [7, 11) is 0. The van der Waals surface area contributed by atoms with Crippen molar-refractivity contribution < 1.29 is 13.2 Å². The molecule has 0 radical (unpaired) electrons. The van der Waals surface area contributed by atoms with Gasteiger partial charge in [0.2, 0.25) is 0 Å². The van der Waals surface area contributed by atoms with Crippen LogP contribution in [0.4, 0.5) is 18.9 Å². The third-order valence-electron chi connectivity index (χ3n) is 5.64. The number of rotatable bonds is 5. The highest BCUT2D eigenvalue weighted by molar-refractivity contribution is 5.81. The van der Waals surface area contributed by atoms with Gasteiger partial charge in [0.25, 0.3) is 0 Å². The van der Waals surface area contributed by atoms with E-state index in [0.29, 0.717) is 0 Å². The number of aromatic nitrogens is 1. The molecule has 2 heterocycles. The summed E-state index contributed by atoms with van der Waals surface area (Å²) in [5.41, 5.74) is 2.80. The summed E-state index contributed by atoms with van der Waals surface area (Å²) >= 11 is 0. The highest BCUT2D eigenvalue weighted by Gasteiger charge is 2.30. The van der Waals surface area contributed by atoms with Crippen LogP contribution >= 0.6 is 0 Å². The van der Waals surface area contributed by atoms with E-state index < -0.39 is 11.7 Å². The molecule has 0 atom stereocenters. The Bertz CT molecular complexity index is 952. The summed E-state index contributed by atoms with van der Waals surface area (Å²) in [6.45, 7) is 5.43. The zero-order valence-corrected chi connectivity index (χ0v) is 16.6. The first-order valence-electron chi connectivity index (χ1n) is 10.2. The summed E-state index contributed by atoms with van der Waals surface area (Å²) < 4.78 is 40.8. The zero-order chi connectivity index (χ0) is 20.4. The van der Waals surface area contributed by atoms with Gasteiger partial charge in [0.1, 0.15) is 0 Å². The predicted molar refractivity (Wildman–Crippen MR) is 112 cm³/mol. The first-order valence-corrected chi connectivity index (χ1v) is 10.2. The van der Waals surface area contributed by atoms with E-state index in [0.717, 1.165) is 51.1 Å². The number of aryl methyl sites for hydroxylation is 1. The van der Waals surface area contributed by atoms with Crippen molar-refractivity contribution in [2.75, 3.05) is 36.1 Å². The molecule has 0 N–H and O–H groups in total. The van der Waals surface area contributed by atoms with E-state index in [1.807, 2.05) is 0 Å². The number of hydrogen-bond acceptors (Lipinski definition) is 2. The lowest BCUT2D eigenvalue weighted by atomic mass is 10.1. The van der Waals surface area contributed by atoms with Crippen LogP contribution in [-0.2, 0) is 12.6 Å². The van der Waals surface area contributed by atoms with E-state index in [9.17, 15) is 13.2 Å². The van der Waals surface area contributed by atoms with Gasteiger partial charge in [0.15, 0.2) is 0 Å². The average Bonchev–Trinajstić information content (AvgIpc) is 3.10. The van der Waals surface area contributed by atoms with Gasteiger partial charge in [0, 0.05) is 29.9 Å². The first kappa shape index (κ1) is 19.7. The maximum atomic E-state index is 12.8. The second-order valence-corrected chi connectivity index (χ2v) is 7.60. The molecule has 0 aliphatic carbocycles. The molecular weight excluding hydrogens is 375 g/mol. The molecule has 29 heavy (non-hydrogen) atoms. The number of piperazine rings is 1. The minimum atomic E-state index is -4.29. The van der Waals surface area contributed by atoms with Crippen molar-refractivity contribution in [3.8, 4) is 0 Å². The molecule has 2 aromatic carbocycles. The highest BCUT2D eigenvalue weighted by atomic mass is 19.4. The lowest BCUT2D eigenvalue weighted by Crippen LogP contribution is -2.51. The van der Waals surface area contributed by atoms with Crippen molar-refractivity contribution in [3.63, 3.8) is 0 Å². The molecule has 4 rings (SSSR count). The van der Waals surface area contributed by atoms with Crippen LogP contribution in [-0.4, -0.2) is 30.9 Å². The second kappa shape index (κ2) is 8.01. The summed E-state index contributed by atoms with van der Waals surface area (Å²) in [6.07, 6.45) is -0.934. The predicted octanol–water partition coefficient (Wildman–Crippen LogP) is 5.46. The number of fused-ring (bicyclic) bond motifs is 1. The van der Waals surface area contributed by atoms with Gasteiger partial charge in [-0.15, -0.1) is 0 Å². The van der Waals surface area contributed by atoms with Crippen molar-refractivity contribution in [2.24, 2.45) is 0 Å². The van der Waals surface area contributed by atoms with Crippen LogP contribution in [0.3, 0.4) is 0 Å². The number of halogens is 3. The third-order valence-corrected chi connectivity index (χ3v) is 5.64. The molecule has 0 bridgehead atoms. The Hall–Kier alpha value is -2.63. The van der Waals surface area contributed by atoms with Gasteiger partial charge in [-0.05, 0) is 49.2 Å². The van der Waals surface area contributed by atoms with Crippen molar-refractivity contribution in [2.45, 2.75) is 32.4 Å². The Balaban J connectivity index is 1.51. The topological polar surface area (TPSA) is 11.4 Å². The van der Waals surface area contributed by atoms with E-state index in [2.05, 4.69) is 51.8 Å². The van der Waals surface area contributed by atoms with E-state index in [1.165, 1.54) is 28.7 Å².